The number of hydrogen-bond donors (Lipinski definition) is 1. The zero-order valence-electron chi connectivity index (χ0n) is 19.4. The molecule has 3 aromatic rings. The summed E-state index contributed by atoms with van der Waals surface area (Å²) in [5.74, 6) is -0.435. The van der Waals surface area contributed by atoms with Gasteiger partial charge in [-0.3, -0.25) is 4.79 Å². The van der Waals surface area contributed by atoms with Crippen molar-refractivity contribution in [3.63, 3.8) is 0 Å². The molecule has 1 heterocycles. The Morgan fingerprint density at radius 1 is 1.09 bits per heavy atom. The van der Waals surface area contributed by atoms with Gasteiger partial charge >= 0.3 is 5.97 Å². The first-order chi connectivity index (χ1) is 16.8. The number of aromatic carboxylic acids is 1. The number of nitrogens with zero attached hydrogens (tertiary/aromatic N) is 2. The smallest absolute Gasteiger partial charge is 0.337 e. The van der Waals surface area contributed by atoms with Crippen LogP contribution in [0.15, 0.2) is 71.3 Å². The van der Waals surface area contributed by atoms with Crippen LogP contribution in [0.4, 0.5) is 5.69 Å². The lowest BCUT2D eigenvalue weighted by atomic mass is 10.1. The number of carbonyl (C=O) groups is 2. The van der Waals surface area contributed by atoms with E-state index in [1.54, 1.807) is 38.3 Å². The standard InChI is InChI=1S/C27H23ClN2O5/c1-16-6-4-5-7-19(16)15-35-24-11-8-18(13-25(24)34-3)12-21-17(2)29-30(26(21)31)20-9-10-23(28)22(14-20)27(32)33/h4-14H,15H2,1-3H3,(H,32,33)/b21-12-. The van der Waals surface area contributed by atoms with Crippen molar-refractivity contribution in [3.8, 4) is 11.5 Å². The number of carbonyl (C=O) groups excluding carboxylic acids is 1. The molecule has 3 aromatic carbocycles. The molecule has 0 bridgehead atoms. The van der Waals surface area contributed by atoms with Crippen LogP contribution in [0.25, 0.3) is 6.08 Å². The molecule has 1 aliphatic heterocycles. The van der Waals surface area contributed by atoms with Crippen molar-refractivity contribution in [2.75, 3.05) is 12.1 Å². The first-order valence-electron chi connectivity index (χ1n) is 10.8. The van der Waals surface area contributed by atoms with Gasteiger partial charge in [0.25, 0.3) is 5.91 Å². The molecular weight excluding hydrogens is 468 g/mol. The third-order valence-electron chi connectivity index (χ3n) is 5.63. The number of aryl methyl sites for hydroxylation is 1. The number of halogens is 1. The molecule has 35 heavy (non-hydrogen) atoms. The molecule has 0 saturated carbocycles. The zero-order valence-corrected chi connectivity index (χ0v) is 20.2. The lowest BCUT2D eigenvalue weighted by Crippen LogP contribution is -2.21. The van der Waals surface area contributed by atoms with Gasteiger partial charge in [-0.15, -0.1) is 0 Å². The highest BCUT2D eigenvalue weighted by Gasteiger charge is 2.29. The molecule has 0 spiro atoms. The second-order valence-corrected chi connectivity index (χ2v) is 8.36. The van der Waals surface area contributed by atoms with Gasteiger partial charge in [0.05, 0.1) is 34.7 Å². The predicted molar refractivity (Wildman–Crippen MR) is 135 cm³/mol. The normalized spacial score (nSPS) is 14.3. The lowest BCUT2D eigenvalue weighted by Gasteiger charge is -2.13. The van der Waals surface area contributed by atoms with Crippen LogP contribution in [0.2, 0.25) is 5.02 Å². The van der Waals surface area contributed by atoms with Gasteiger partial charge in [0.1, 0.15) is 6.61 Å². The number of benzene rings is 3. The molecular formula is C27H23ClN2O5. The molecule has 0 saturated heterocycles. The number of ether oxygens (including phenoxy) is 2. The van der Waals surface area contributed by atoms with Crippen molar-refractivity contribution in [2.45, 2.75) is 20.5 Å². The van der Waals surface area contributed by atoms with Crippen LogP contribution in [0.5, 0.6) is 11.5 Å². The monoisotopic (exact) mass is 490 g/mol. The maximum atomic E-state index is 13.1. The van der Waals surface area contributed by atoms with E-state index in [0.717, 1.165) is 16.7 Å². The Labute approximate surface area is 207 Å². The Morgan fingerprint density at radius 3 is 2.57 bits per heavy atom. The lowest BCUT2D eigenvalue weighted by molar-refractivity contribution is -0.114. The average molecular weight is 491 g/mol. The second kappa shape index (κ2) is 10.0. The fourth-order valence-corrected chi connectivity index (χ4v) is 3.85. The van der Waals surface area contributed by atoms with Crippen LogP contribution in [0.1, 0.15) is 34.0 Å². The van der Waals surface area contributed by atoms with E-state index in [4.69, 9.17) is 21.1 Å². The number of amides is 1. The second-order valence-electron chi connectivity index (χ2n) is 7.96. The highest BCUT2D eigenvalue weighted by molar-refractivity contribution is 6.34. The Morgan fingerprint density at radius 2 is 1.86 bits per heavy atom. The predicted octanol–water partition coefficient (Wildman–Crippen LogP) is 5.74. The number of methoxy groups -OCH3 is 1. The van der Waals surface area contributed by atoms with Crippen LogP contribution in [0.3, 0.4) is 0 Å². The van der Waals surface area contributed by atoms with E-state index in [-0.39, 0.29) is 16.5 Å². The highest BCUT2D eigenvalue weighted by atomic mass is 35.5. The van der Waals surface area contributed by atoms with Gasteiger partial charge in [0, 0.05) is 0 Å². The summed E-state index contributed by atoms with van der Waals surface area (Å²) in [5.41, 5.74) is 4.05. The molecule has 0 fully saturated rings. The minimum absolute atomic E-state index is 0.0844. The fourth-order valence-electron chi connectivity index (χ4n) is 3.66. The molecule has 4 rings (SSSR count). The van der Waals surface area contributed by atoms with Gasteiger partial charge in [-0.1, -0.05) is 41.9 Å². The molecule has 0 aromatic heterocycles. The quantitative estimate of drug-likeness (QED) is 0.426. The van der Waals surface area contributed by atoms with Gasteiger partial charge < -0.3 is 14.6 Å². The summed E-state index contributed by atoms with van der Waals surface area (Å²) >= 11 is 5.95. The SMILES string of the molecule is COc1cc(/C=C2\C(=O)N(c3ccc(Cl)c(C(=O)O)c3)N=C2C)ccc1OCc1ccccc1C. The molecule has 1 aliphatic rings. The fraction of sp³-hybridized carbons (Fsp3) is 0.148. The van der Waals surface area contributed by atoms with E-state index >= 15 is 0 Å². The third kappa shape index (κ3) is 5.05. The number of anilines is 1. The van der Waals surface area contributed by atoms with Crippen molar-refractivity contribution in [3.05, 3.63) is 93.5 Å². The summed E-state index contributed by atoms with van der Waals surface area (Å²) in [5, 5.41) is 14.9. The van der Waals surface area contributed by atoms with Crippen LogP contribution in [-0.4, -0.2) is 29.8 Å². The van der Waals surface area contributed by atoms with Gasteiger partial charge in [-0.2, -0.15) is 10.1 Å². The maximum Gasteiger partial charge on any atom is 0.337 e. The first kappa shape index (κ1) is 24.0. The largest absolute Gasteiger partial charge is 0.493 e. The number of carboxylic acids is 1. The molecule has 7 nitrogen and oxygen atoms in total. The summed E-state index contributed by atoms with van der Waals surface area (Å²) in [6.07, 6.45) is 1.71. The van der Waals surface area contributed by atoms with Crippen molar-refractivity contribution >= 4 is 41.0 Å². The maximum absolute atomic E-state index is 13.1. The minimum Gasteiger partial charge on any atom is -0.493 e. The Balaban J connectivity index is 1.57. The van der Waals surface area contributed by atoms with E-state index in [1.807, 2.05) is 37.3 Å². The molecule has 0 aliphatic carbocycles. The van der Waals surface area contributed by atoms with E-state index in [9.17, 15) is 14.7 Å². The summed E-state index contributed by atoms with van der Waals surface area (Å²) < 4.78 is 11.5. The Kier molecular flexibility index (Phi) is 6.89. The summed E-state index contributed by atoms with van der Waals surface area (Å²) in [6, 6.07) is 17.7. The topological polar surface area (TPSA) is 88.4 Å². The van der Waals surface area contributed by atoms with Gasteiger partial charge in [-0.05, 0) is 66.9 Å². The number of hydrogen-bond acceptors (Lipinski definition) is 5. The van der Waals surface area contributed by atoms with Crippen LogP contribution < -0.4 is 14.5 Å². The molecule has 178 valence electrons. The molecule has 8 heteroatoms. The minimum atomic E-state index is -1.18. The van der Waals surface area contributed by atoms with Crippen molar-refractivity contribution in [1.29, 1.82) is 0 Å². The molecule has 1 amide bonds. The van der Waals surface area contributed by atoms with E-state index < -0.39 is 5.97 Å². The Hall–Kier alpha value is -4.10. The van der Waals surface area contributed by atoms with E-state index in [0.29, 0.717) is 35.1 Å². The number of rotatable bonds is 7. The molecule has 0 unspecified atom stereocenters. The van der Waals surface area contributed by atoms with Gasteiger partial charge in [0.15, 0.2) is 11.5 Å². The third-order valence-corrected chi connectivity index (χ3v) is 5.96. The number of hydrazone groups is 1. The molecule has 0 radical (unpaired) electrons. The van der Waals surface area contributed by atoms with Gasteiger partial charge in [-0.25, -0.2) is 4.79 Å². The van der Waals surface area contributed by atoms with Crippen molar-refractivity contribution in [2.24, 2.45) is 5.10 Å². The highest BCUT2D eigenvalue weighted by Crippen LogP contribution is 2.32. The summed E-state index contributed by atoms with van der Waals surface area (Å²) in [4.78, 5) is 24.5. The summed E-state index contributed by atoms with van der Waals surface area (Å²) in [6.45, 7) is 4.15. The van der Waals surface area contributed by atoms with Crippen LogP contribution >= 0.6 is 11.6 Å². The number of carboxylic acid groups (broad SMARTS) is 1. The van der Waals surface area contributed by atoms with Gasteiger partial charge in [0.2, 0.25) is 0 Å². The average Bonchev–Trinajstić information content (AvgIpc) is 3.12. The molecule has 0 atom stereocenters. The molecule has 1 N–H and O–H groups in total. The van der Waals surface area contributed by atoms with Crippen LogP contribution in [0, 0.1) is 6.92 Å². The van der Waals surface area contributed by atoms with E-state index in [2.05, 4.69) is 5.10 Å². The zero-order chi connectivity index (χ0) is 25.1. The van der Waals surface area contributed by atoms with E-state index in [1.165, 1.54) is 17.1 Å². The Bertz CT molecular complexity index is 1380. The first-order valence-corrected chi connectivity index (χ1v) is 11.2. The van der Waals surface area contributed by atoms with Crippen molar-refractivity contribution < 1.29 is 24.2 Å². The van der Waals surface area contributed by atoms with Crippen LogP contribution in [-0.2, 0) is 11.4 Å². The summed E-state index contributed by atoms with van der Waals surface area (Å²) in [7, 11) is 1.56. The van der Waals surface area contributed by atoms with Crippen molar-refractivity contribution in [1.82, 2.24) is 0 Å².